The van der Waals surface area contributed by atoms with E-state index >= 15 is 0 Å². The van der Waals surface area contributed by atoms with E-state index in [-0.39, 0.29) is 12.6 Å². The third-order valence-electron chi connectivity index (χ3n) is 3.66. The maximum Gasteiger partial charge on any atom is 0.317 e. The van der Waals surface area contributed by atoms with Crippen molar-refractivity contribution in [2.24, 2.45) is 0 Å². The molecule has 1 heterocycles. The quantitative estimate of drug-likeness (QED) is 0.501. The SMILES string of the molecule is CN(CCCN1CCCNC1=O)c1c(F)c(F)c(Cl)c(F)c1F. The summed E-state index contributed by atoms with van der Waals surface area (Å²) in [4.78, 5) is 14.2. The Morgan fingerprint density at radius 1 is 1.17 bits per heavy atom. The smallest absolute Gasteiger partial charge is 0.317 e. The third kappa shape index (κ3) is 3.63. The number of carbonyl (C=O) groups excluding carboxylic acids is 1. The second-order valence-electron chi connectivity index (χ2n) is 5.27. The lowest BCUT2D eigenvalue weighted by Crippen LogP contribution is -2.47. The Balaban J connectivity index is 2.04. The monoisotopic (exact) mass is 353 g/mol. The van der Waals surface area contributed by atoms with Gasteiger partial charge in [0.05, 0.1) is 0 Å². The zero-order valence-corrected chi connectivity index (χ0v) is 13.2. The fourth-order valence-electron chi connectivity index (χ4n) is 2.43. The number of nitrogens with one attached hydrogen (secondary N) is 1. The van der Waals surface area contributed by atoms with Gasteiger partial charge in [-0.05, 0) is 12.8 Å². The summed E-state index contributed by atoms with van der Waals surface area (Å²) in [6, 6.07) is -0.195. The van der Waals surface area contributed by atoms with Crippen molar-refractivity contribution >= 4 is 23.3 Å². The summed E-state index contributed by atoms with van der Waals surface area (Å²) in [6.07, 6.45) is 1.20. The molecule has 1 saturated heterocycles. The van der Waals surface area contributed by atoms with E-state index in [0.717, 1.165) is 11.3 Å². The Labute approximate surface area is 136 Å². The van der Waals surface area contributed by atoms with E-state index < -0.39 is 34.0 Å². The van der Waals surface area contributed by atoms with Crippen LogP contribution in [-0.4, -0.2) is 44.2 Å². The standard InChI is InChI=1S/C14H16ClF4N3O/c1-21(5-3-7-22-6-2-4-20-14(22)23)13-11(18)9(16)8(15)10(17)12(13)19/h2-7H2,1H3,(H,20,23). The van der Waals surface area contributed by atoms with Gasteiger partial charge in [0.1, 0.15) is 10.7 Å². The molecule has 2 amide bonds. The van der Waals surface area contributed by atoms with Gasteiger partial charge in [0, 0.05) is 33.2 Å². The van der Waals surface area contributed by atoms with Crippen molar-refractivity contribution in [2.75, 3.05) is 38.1 Å². The van der Waals surface area contributed by atoms with Gasteiger partial charge in [-0.15, -0.1) is 0 Å². The highest BCUT2D eigenvalue weighted by Gasteiger charge is 2.26. The molecule has 0 aromatic heterocycles. The van der Waals surface area contributed by atoms with Gasteiger partial charge in [-0.3, -0.25) is 0 Å². The maximum absolute atomic E-state index is 13.8. The molecule has 128 valence electrons. The second kappa shape index (κ2) is 7.25. The molecule has 0 spiro atoms. The molecule has 23 heavy (non-hydrogen) atoms. The summed E-state index contributed by atoms with van der Waals surface area (Å²) in [5.41, 5.74) is -0.813. The number of nitrogens with zero attached hydrogens (tertiary/aromatic N) is 2. The number of anilines is 1. The van der Waals surface area contributed by atoms with Crippen LogP contribution in [0.15, 0.2) is 0 Å². The molecule has 1 fully saturated rings. The molecular weight excluding hydrogens is 338 g/mol. The Bertz CT molecular complexity index is 585. The van der Waals surface area contributed by atoms with Crippen molar-refractivity contribution in [1.82, 2.24) is 10.2 Å². The highest BCUT2D eigenvalue weighted by Crippen LogP contribution is 2.32. The molecular formula is C14H16ClF4N3O. The Morgan fingerprint density at radius 3 is 2.35 bits per heavy atom. The van der Waals surface area contributed by atoms with Gasteiger partial charge in [-0.2, -0.15) is 0 Å². The zero-order chi connectivity index (χ0) is 17.1. The Morgan fingerprint density at radius 2 is 1.78 bits per heavy atom. The number of urea groups is 1. The van der Waals surface area contributed by atoms with Crippen molar-refractivity contribution in [3.8, 4) is 0 Å². The number of carbonyl (C=O) groups is 1. The molecule has 9 heteroatoms. The van der Waals surface area contributed by atoms with Gasteiger partial charge in [-0.25, -0.2) is 22.4 Å². The molecule has 0 saturated carbocycles. The first kappa shape index (κ1) is 17.7. The minimum absolute atomic E-state index is 0.109. The zero-order valence-electron chi connectivity index (χ0n) is 12.4. The molecule has 0 radical (unpaired) electrons. The lowest BCUT2D eigenvalue weighted by Gasteiger charge is -2.28. The van der Waals surface area contributed by atoms with Gasteiger partial charge < -0.3 is 15.1 Å². The van der Waals surface area contributed by atoms with Crippen molar-refractivity contribution in [2.45, 2.75) is 12.8 Å². The average molecular weight is 354 g/mol. The first-order valence-corrected chi connectivity index (χ1v) is 7.47. The number of amides is 2. The van der Waals surface area contributed by atoms with Crippen LogP contribution in [0.4, 0.5) is 28.0 Å². The van der Waals surface area contributed by atoms with Crippen LogP contribution in [0.25, 0.3) is 0 Å². The minimum Gasteiger partial charge on any atom is -0.370 e. The average Bonchev–Trinajstić information content (AvgIpc) is 2.53. The van der Waals surface area contributed by atoms with E-state index in [1.165, 1.54) is 7.05 Å². The maximum atomic E-state index is 13.8. The summed E-state index contributed by atoms with van der Waals surface area (Å²) in [5, 5.41) is 1.47. The van der Waals surface area contributed by atoms with Crippen LogP contribution in [0.3, 0.4) is 0 Å². The number of hydrogen-bond donors (Lipinski definition) is 1. The normalized spacial score (nSPS) is 14.9. The first-order valence-electron chi connectivity index (χ1n) is 7.10. The van der Waals surface area contributed by atoms with Crippen molar-refractivity contribution in [3.05, 3.63) is 28.3 Å². The van der Waals surface area contributed by atoms with Crippen LogP contribution in [-0.2, 0) is 0 Å². The van der Waals surface area contributed by atoms with E-state index in [2.05, 4.69) is 5.32 Å². The van der Waals surface area contributed by atoms with Gasteiger partial charge in [-0.1, -0.05) is 11.6 Å². The van der Waals surface area contributed by atoms with E-state index in [4.69, 9.17) is 11.6 Å². The molecule has 0 atom stereocenters. The largest absolute Gasteiger partial charge is 0.370 e. The number of hydrogen-bond acceptors (Lipinski definition) is 2. The molecule has 1 aromatic carbocycles. The third-order valence-corrected chi connectivity index (χ3v) is 3.99. The molecule has 1 aliphatic rings. The van der Waals surface area contributed by atoms with Crippen LogP contribution >= 0.6 is 11.6 Å². The van der Waals surface area contributed by atoms with Crippen LogP contribution in [0.2, 0.25) is 5.02 Å². The van der Waals surface area contributed by atoms with Crippen molar-refractivity contribution < 1.29 is 22.4 Å². The van der Waals surface area contributed by atoms with E-state index in [0.29, 0.717) is 26.1 Å². The highest BCUT2D eigenvalue weighted by atomic mass is 35.5. The summed E-state index contributed by atoms with van der Waals surface area (Å²) >= 11 is 5.19. The number of benzene rings is 1. The first-order chi connectivity index (χ1) is 10.8. The lowest BCUT2D eigenvalue weighted by molar-refractivity contribution is 0.186. The minimum atomic E-state index is -1.62. The predicted molar refractivity (Wildman–Crippen MR) is 78.8 cm³/mol. The molecule has 1 aliphatic heterocycles. The molecule has 4 nitrogen and oxygen atoms in total. The number of halogens is 5. The van der Waals surface area contributed by atoms with Gasteiger partial charge in [0.2, 0.25) is 0 Å². The topological polar surface area (TPSA) is 35.6 Å². The lowest BCUT2D eigenvalue weighted by atomic mass is 10.2. The molecule has 0 unspecified atom stereocenters. The van der Waals surface area contributed by atoms with Crippen LogP contribution < -0.4 is 10.2 Å². The van der Waals surface area contributed by atoms with Gasteiger partial charge >= 0.3 is 6.03 Å². The molecule has 0 bridgehead atoms. The molecule has 1 N–H and O–H groups in total. The fraction of sp³-hybridized carbons (Fsp3) is 0.500. The highest BCUT2D eigenvalue weighted by molar-refractivity contribution is 6.31. The molecule has 1 aromatic rings. The van der Waals surface area contributed by atoms with Crippen LogP contribution in [0.5, 0.6) is 0 Å². The van der Waals surface area contributed by atoms with Crippen LogP contribution in [0.1, 0.15) is 12.8 Å². The van der Waals surface area contributed by atoms with Crippen molar-refractivity contribution in [3.63, 3.8) is 0 Å². The second-order valence-corrected chi connectivity index (χ2v) is 5.64. The molecule has 0 aliphatic carbocycles. The predicted octanol–water partition coefficient (Wildman–Crippen LogP) is 3.14. The van der Waals surface area contributed by atoms with Gasteiger partial charge in [0.25, 0.3) is 0 Å². The number of rotatable bonds is 5. The summed E-state index contributed by atoms with van der Waals surface area (Å²) in [6.45, 7) is 1.70. The fourth-order valence-corrected chi connectivity index (χ4v) is 2.60. The molecule has 2 rings (SSSR count). The van der Waals surface area contributed by atoms with E-state index in [1.807, 2.05) is 0 Å². The van der Waals surface area contributed by atoms with E-state index in [9.17, 15) is 22.4 Å². The summed E-state index contributed by atoms with van der Waals surface area (Å²) < 4.78 is 54.5. The summed E-state index contributed by atoms with van der Waals surface area (Å²) in [5.74, 6) is -6.31. The summed E-state index contributed by atoms with van der Waals surface area (Å²) in [7, 11) is 1.31. The Hall–Kier alpha value is -1.70. The van der Waals surface area contributed by atoms with Crippen LogP contribution in [0, 0.1) is 23.3 Å². The van der Waals surface area contributed by atoms with E-state index in [1.54, 1.807) is 4.90 Å². The van der Waals surface area contributed by atoms with Crippen molar-refractivity contribution in [1.29, 1.82) is 0 Å². The Kier molecular flexibility index (Phi) is 5.56. The van der Waals surface area contributed by atoms with Gasteiger partial charge in [0.15, 0.2) is 23.3 Å².